The molecule has 126 valence electrons. The van der Waals surface area contributed by atoms with Crippen molar-refractivity contribution in [2.75, 3.05) is 18.4 Å². The Morgan fingerprint density at radius 3 is 2.50 bits per heavy atom. The van der Waals surface area contributed by atoms with Gasteiger partial charge in [-0.3, -0.25) is 4.79 Å². The van der Waals surface area contributed by atoms with Gasteiger partial charge in [0.1, 0.15) is 11.5 Å². The molecule has 1 N–H and O–H groups in total. The smallest absolute Gasteiger partial charge is 0.274 e. The van der Waals surface area contributed by atoms with Crippen molar-refractivity contribution in [3.05, 3.63) is 47.4 Å². The van der Waals surface area contributed by atoms with Gasteiger partial charge in [0.15, 0.2) is 0 Å². The molecule has 0 aliphatic carbocycles. The van der Waals surface area contributed by atoms with Crippen molar-refractivity contribution in [1.82, 2.24) is 14.9 Å². The molecule has 2 heterocycles. The summed E-state index contributed by atoms with van der Waals surface area (Å²) in [5.41, 5.74) is 3.86. The number of nitrogens with one attached hydrogen (secondary N) is 1. The van der Waals surface area contributed by atoms with Gasteiger partial charge < -0.3 is 10.2 Å². The SMILES string of the molecule is Cc1ccc(Nc2cnc(C(=O)N3CCC(C)CC3)cn2)cc1C. The Morgan fingerprint density at radius 2 is 1.88 bits per heavy atom. The van der Waals surface area contributed by atoms with Gasteiger partial charge in [-0.15, -0.1) is 0 Å². The number of rotatable bonds is 3. The van der Waals surface area contributed by atoms with Gasteiger partial charge in [-0.1, -0.05) is 13.0 Å². The Labute approximate surface area is 143 Å². The highest BCUT2D eigenvalue weighted by Crippen LogP contribution is 2.19. The van der Waals surface area contributed by atoms with Gasteiger partial charge in [-0.25, -0.2) is 9.97 Å². The molecule has 1 amide bonds. The first kappa shape index (κ1) is 16.4. The molecular weight excluding hydrogens is 300 g/mol. The van der Waals surface area contributed by atoms with Crippen molar-refractivity contribution in [2.45, 2.75) is 33.6 Å². The van der Waals surface area contributed by atoms with E-state index in [0.29, 0.717) is 17.4 Å². The summed E-state index contributed by atoms with van der Waals surface area (Å²) < 4.78 is 0. The van der Waals surface area contributed by atoms with Crippen LogP contribution in [0.3, 0.4) is 0 Å². The third-order valence-electron chi connectivity index (χ3n) is 4.72. The Kier molecular flexibility index (Phi) is 4.79. The second-order valence-electron chi connectivity index (χ2n) is 6.69. The average Bonchev–Trinajstić information content (AvgIpc) is 2.59. The van der Waals surface area contributed by atoms with Crippen molar-refractivity contribution in [1.29, 1.82) is 0 Å². The highest BCUT2D eigenvalue weighted by atomic mass is 16.2. The molecule has 24 heavy (non-hydrogen) atoms. The van der Waals surface area contributed by atoms with Crippen LogP contribution in [0.1, 0.15) is 41.4 Å². The van der Waals surface area contributed by atoms with E-state index >= 15 is 0 Å². The monoisotopic (exact) mass is 324 g/mol. The lowest BCUT2D eigenvalue weighted by Crippen LogP contribution is -2.38. The molecule has 0 atom stereocenters. The molecule has 1 fully saturated rings. The predicted molar refractivity (Wildman–Crippen MR) is 95.5 cm³/mol. The third kappa shape index (κ3) is 3.72. The summed E-state index contributed by atoms with van der Waals surface area (Å²) in [7, 11) is 0. The van der Waals surface area contributed by atoms with E-state index in [1.165, 1.54) is 11.1 Å². The summed E-state index contributed by atoms with van der Waals surface area (Å²) in [6, 6.07) is 6.16. The number of carbonyl (C=O) groups is 1. The molecule has 3 rings (SSSR count). The maximum Gasteiger partial charge on any atom is 0.274 e. The number of hydrogen-bond acceptors (Lipinski definition) is 4. The summed E-state index contributed by atoms with van der Waals surface area (Å²) in [6.07, 6.45) is 5.30. The molecule has 5 nitrogen and oxygen atoms in total. The van der Waals surface area contributed by atoms with E-state index < -0.39 is 0 Å². The molecule has 1 aliphatic heterocycles. The van der Waals surface area contributed by atoms with Gasteiger partial charge >= 0.3 is 0 Å². The van der Waals surface area contributed by atoms with E-state index in [1.807, 2.05) is 11.0 Å². The number of nitrogens with zero attached hydrogens (tertiary/aromatic N) is 3. The number of hydrogen-bond donors (Lipinski definition) is 1. The zero-order chi connectivity index (χ0) is 17.1. The van der Waals surface area contributed by atoms with Gasteiger partial charge in [-0.05, 0) is 55.9 Å². The van der Waals surface area contributed by atoms with Crippen molar-refractivity contribution >= 4 is 17.4 Å². The van der Waals surface area contributed by atoms with E-state index in [0.717, 1.165) is 31.6 Å². The average molecular weight is 324 g/mol. The number of likely N-dealkylation sites (tertiary alicyclic amines) is 1. The first-order valence-electron chi connectivity index (χ1n) is 8.48. The van der Waals surface area contributed by atoms with E-state index in [9.17, 15) is 4.79 Å². The van der Waals surface area contributed by atoms with E-state index in [-0.39, 0.29) is 5.91 Å². The lowest BCUT2D eigenvalue weighted by molar-refractivity contribution is 0.0691. The molecule has 1 saturated heterocycles. The van der Waals surface area contributed by atoms with Gasteiger partial charge in [0.05, 0.1) is 12.4 Å². The lowest BCUT2D eigenvalue weighted by atomic mass is 9.99. The number of carbonyl (C=O) groups excluding carboxylic acids is 1. The first-order valence-corrected chi connectivity index (χ1v) is 8.48. The van der Waals surface area contributed by atoms with Gasteiger partial charge in [0.2, 0.25) is 0 Å². The fraction of sp³-hybridized carbons (Fsp3) is 0.421. The Balaban J connectivity index is 1.66. The summed E-state index contributed by atoms with van der Waals surface area (Å²) in [4.78, 5) is 23.0. The summed E-state index contributed by atoms with van der Waals surface area (Å²) in [6.45, 7) is 8.01. The van der Waals surface area contributed by atoms with Crippen molar-refractivity contribution in [2.24, 2.45) is 5.92 Å². The largest absolute Gasteiger partial charge is 0.339 e. The number of benzene rings is 1. The van der Waals surface area contributed by atoms with Crippen LogP contribution in [0.4, 0.5) is 11.5 Å². The second kappa shape index (κ2) is 6.99. The molecule has 0 radical (unpaired) electrons. The topological polar surface area (TPSA) is 58.1 Å². The van der Waals surface area contributed by atoms with Crippen LogP contribution in [-0.4, -0.2) is 33.9 Å². The van der Waals surface area contributed by atoms with Crippen molar-refractivity contribution in [3.63, 3.8) is 0 Å². The minimum absolute atomic E-state index is 0.0212. The zero-order valence-corrected chi connectivity index (χ0v) is 14.5. The molecule has 5 heteroatoms. The molecule has 0 unspecified atom stereocenters. The lowest BCUT2D eigenvalue weighted by Gasteiger charge is -2.29. The van der Waals surface area contributed by atoms with Gasteiger partial charge in [-0.2, -0.15) is 0 Å². The summed E-state index contributed by atoms with van der Waals surface area (Å²) in [5.74, 6) is 1.32. The number of aromatic nitrogens is 2. The summed E-state index contributed by atoms with van der Waals surface area (Å²) >= 11 is 0. The minimum atomic E-state index is -0.0212. The van der Waals surface area contributed by atoms with Gasteiger partial charge in [0, 0.05) is 18.8 Å². The van der Waals surface area contributed by atoms with Crippen LogP contribution in [0.2, 0.25) is 0 Å². The second-order valence-corrected chi connectivity index (χ2v) is 6.69. The highest BCUT2D eigenvalue weighted by Gasteiger charge is 2.22. The molecule has 2 aromatic rings. The molecular formula is C19H24N4O. The first-order chi connectivity index (χ1) is 11.5. The number of piperidine rings is 1. The number of aryl methyl sites for hydroxylation is 2. The molecule has 0 spiro atoms. The van der Waals surface area contributed by atoms with E-state index in [4.69, 9.17) is 0 Å². The van der Waals surface area contributed by atoms with Crippen LogP contribution in [0.25, 0.3) is 0 Å². The third-order valence-corrected chi connectivity index (χ3v) is 4.72. The summed E-state index contributed by atoms with van der Waals surface area (Å²) in [5, 5.41) is 3.22. The van der Waals surface area contributed by atoms with Crippen LogP contribution in [-0.2, 0) is 0 Å². The zero-order valence-electron chi connectivity index (χ0n) is 14.5. The fourth-order valence-corrected chi connectivity index (χ4v) is 2.84. The fourth-order valence-electron chi connectivity index (χ4n) is 2.84. The number of anilines is 2. The Morgan fingerprint density at radius 1 is 1.12 bits per heavy atom. The normalized spacial score (nSPS) is 15.4. The maximum atomic E-state index is 12.5. The Bertz CT molecular complexity index is 719. The molecule has 0 bridgehead atoms. The van der Waals surface area contributed by atoms with Crippen molar-refractivity contribution in [3.8, 4) is 0 Å². The highest BCUT2D eigenvalue weighted by molar-refractivity contribution is 5.92. The van der Waals surface area contributed by atoms with Gasteiger partial charge in [0.25, 0.3) is 5.91 Å². The minimum Gasteiger partial charge on any atom is -0.339 e. The van der Waals surface area contributed by atoms with Crippen molar-refractivity contribution < 1.29 is 4.79 Å². The number of amides is 1. The maximum absolute atomic E-state index is 12.5. The predicted octanol–water partition coefficient (Wildman–Crippen LogP) is 3.71. The van der Waals surface area contributed by atoms with E-state index in [2.05, 4.69) is 48.2 Å². The Hall–Kier alpha value is -2.43. The van der Waals surface area contributed by atoms with Crippen LogP contribution in [0.15, 0.2) is 30.6 Å². The van der Waals surface area contributed by atoms with Crippen LogP contribution >= 0.6 is 0 Å². The molecule has 1 aliphatic rings. The van der Waals surface area contributed by atoms with Crippen LogP contribution in [0, 0.1) is 19.8 Å². The molecule has 1 aromatic heterocycles. The standard InChI is InChI=1S/C19H24N4O/c1-13-6-8-23(9-7-13)19(24)17-11-21-18(12-20-17)22-16-5-4-14(2)15(3)10-16/h4-5,10-13H,6-9H2,1-3H3,(H,21,22). The quantitative estimate of drug-likeness (QED) is 0.935. The molecule has 1 aromatic carbocycles. The van der Waals surface area contributed by atoms with E-state index in [1.54, 1.807) is 12.4 Å². The van der Waals surface area contributed by atoms with Crippen LogP contribution < -0.4 is 5.32 Å². The van der Waals surface area contributed by atoms with Crippen LogP contribution in [0.5, 0.6) is 0 Å². The molecule has 0 saturated carbocycles.